The van der Waals surface area contributed by atoms with Crippen molar-refractivity contribution in [3.05, 3.63) is 36.4 Å². The third-order valence-corrected chi connectivity index (χ3v) is 3.38. The molecule has 21 heavy (non-hydrogen) atoms. The van der Waals surface area contributed by atoms with Crippen molar-refractivity contribution in [2.45, 2.75) is 26.2 Å². The molecule has 0 saturated heterocycles. The Balaban J connectivity index is 1.75. The lowest BCUT2D eigenvalue weighted by molar-refractivity contribution is 0.340. The standard InChI is InChI=1S/C16H21N3OS/c1-2-20-15-10-8-14(9-11-15)18-16(21)19-17-12-13-6-4-3-5-7-13/h3-4,8-13H,2,5-7H2,1H3,(H2,18,19,21)/b17-12-/t13-/m0/s1. The lowest BCUT2D eigenvalue weighted by Gasteiger charge is -2.12. The number of hydrazone groups is 1. The molecule has 0 unspecified atom stereocenters. The zero-order valence-corrected chi connectivity index (χ0v) is 13.0. The Kier molecular flexibility index (Phi) is 6.22. The van der Waals surface area contributed by atoms with Gasteiger partial charge in [-0.2, -0.15) is 5.10 Å². The van der Waals surface area contributed by atoms with Gasteiger partial charge < -0.3 is 10.1 Å². The minimum absolute atomic E-state index is 0.488. The molecule has 5 heteroatoms. The van der Waals surface area contributed by atoms with Gasteiger partial charge in [-0.1, -0.05) is 12.2 Å². The van der Waals surface area contributed by atoms with Crippen molar-refractivity contribution in [2.75, 3.05) is 11.9 Å². The van der Waals surface area contributed by atoms with Gasteiger partial charge in [0.15, 0.2) is 5.11 Å². The van der Waals surface area contributed by atoms with Gasteiger partial charge in [0.05, 0.1) is 6.61 Å². The molecule has 1 aliphatic rings. The van der Waals surface area contributed by atoms with E-state index >= 15 is 0 Å². The molecule has 0 bridgehead atoms. The quantitative estimate of drug-likeness (QED) is 0.377. The third kappa shape index (κ3) is 5.55. The van der Waals surface area contributed by atoms with Crippen molar-refractivity contribution < 1.29 is 4.74 Å². The number of allylic oxidation sites excluding steroid dienone is 2. The van der Waals surface area contributed by atoms with Gasteiger partial charge in [-0.3, -0.25) is 5.43 Å². The van der Waals surface area contributed by atoms with Gasteiger partial charge in [-0.15, -0.1) is 0 Å². The van der Waals surface area contributed by atoms with Crippen LogP contribution < -0.4 is 15.5 Å². The summed E-state index contributed by atoms with van der Waals surface area (Å²) in [5.74, 6) is 1.36. The topological polar surface area (TPSA) is 45.6 Å². The van der Waals surface area contributed by atoms with E-state index in [-0.39, 0.29) is 0 Å². The number of hydrogen-bond donors (Lipinski definition) is 2. The van der Waals surface area contributed by atoms with Crippen LogP contribution in [0.25, 0.3) is 0 Å². The molecule has 112 valence electrons. The Bertz CT molecular complexity index is 511. The Morgan fingerprint density at radius 3 is 2.86 bits per heavy atom. The normalized spacial score (nSPS) is 17.7. The molecule has 2 N–H and O–H groups in total. The molecule has 1 aromatic carbocycles. The molecule has 1 aromatic rings. The van der Waals surface area contributed by atoms with Crippen LogP contribution in [0.2, 0.25) is 0 Å². The molecular formula is C16H21N3OS. The summed E-state index contributed by atoms with van der Waals surface area (Å²) in [7, 11) is 0. The SMILES string of the molecule is CCOc1ccc(NC(=S)N/N=C\[C@H]2CC=CCC2)cc1. The first kappa shape index (κ1) is 15.5. The second-order valence-corrected chi connectivity index (χ2v) is 5.25. The fourth-order valence-electron chi connectivity index (χ4n) is 2.11. The van der Waals surface area contributed by atoms with Crippen LogP contribution in [0.15, 0.2) is 41.5 Å². The number of nitrogens with zero attached hydrogens (tertiary/aromatic N) is 1. The molecule has 0 fully saturated rings. The second-order valence-electron chi connectivity index (χ2n) is 4.85. The predicted octanol–water partition coefficient (Wildman–Crippen LogP) is 3.71. The smallest absolute Gasteiger partial charge is 0.191 e. The van der Waals surface area contributed by atoms with Crippen LogP contribution in [0, 0.1) is 5.92 Å². The number of rotatable bonds is 5. The number of thiocarbonyl (C=S) groups is 1. The van der Waals surface area contributed by atoms with Gasteiger partial charge >= 0.3 is 0 Å². The van der Waals surface area contributed by atoms with Gasteiger partial charge in [0, 0.05) is 11.9 Å². The summed E-state index contributed by atoms with van der Waals surface area (Å²) in [6, 6.07) is 7.67. The maximum Gasteiger partial charge on any atom is 0.191 e. The molecule has 0 heterocycles. The van der Waals surface area contributed by atoms with Crippen LogP contribution >= 0.6 is 12.2 Å². The molecule has 0 saturated carbocycles. The van der Waals surface area contributed by atoms with E-state index in [1.807, 2.05) is 37.4 Å². The lowest BCUT2D eigenvalue weighted by atomic mass is 9.96. The summed E-state index contributed by atoms with van der Waals surface area (Å²) in [6.45, 7) is 2.63. The Morgan fingerprint density at radius 2 is 2.19 bits per heavy atom. The maximum atomic E-state index is 5.39. The Morgan fingerprint density at radius 1 is 1.38 bits per heavy atom. The monoisotopic (exact) mass is 303 g/mol. The van der Waals surface area contributed by atoms with Gasteiger partial charge in [-0.05, 0) is 68.6 Å². The molecule has 0 aliphatic heterocycles. The van der Waals surface area contributed by atoms with Crippen molar-refractivity contribution in [1.29, 1.82) is 0 Å². The second kappa shape index (κ2) is 8.42. The molecule has 0 amide bonds. The minimum atomic E-state index is 0.488. The Hall–Kier alpha value is -1.88. The van der Waals surface area contributed by atoms with E-state index in [9.17, 15) is 0 Å². The number of benzene rings is 1. The van der Waals surface area contributed by atoms with Gasteiger partial charge in [0.2, 0.25) is 0 Å². The highest BCUT2D eigenvalue weighted by Gasteiger charge is 2.06. The zero-order chi connectivity index (χ0) is 14.9. The number of ether oxygens (including phenoxy) is 1. The molecule has 2 rings (SSSR count). The average molecular weight is 303 g/mol. The van der Waals surface area contributed by atoms with E-state index < -0.39 is 0 Å². The van der Waals surface area contributed by atoms with E-state index in [4.69, 9.17) is 17.0 Å². The summed E-state index contributed by atoms with van der Waals surface area (Å²) >= 11 is 5.21. The van der Waals surface area contributed by atoms with E-state index in [2.05, 4.69) is 28.0 Å². The van der Waals surface area contributed by atoms with E-state index in [1.54, 1.807) is 0 Å². The minimum Gasteiger partial charge on any atom is -0.494 e. The summed E-state index contributed by atoms with van der Waals surface area (Å²) < 4.78 is 5.39. The van der Waals surface area contributed by atoms with E-state index in [0.717, 1.165) is 30.7 Å². The highest BCUT2D eigenvalue weighted by atomic mass is 32.1. The van der Waals surface area contributed by atoms with Gasteiger partial charge in [0.25, 0.3) is 0 Å². The van der Waals surface area contributed by atoms with Gasteiger partial charge in [-0.25, -0.2) is 0 Å². The van der Waals surface area contributed by atoms with E-state index in [0.29, 0.717) is 17.6 Å². The molecule has 0 aromatic heterocycles. The fourth-order valence-corrected chi connectivity index (χ4v) is 2.28. The Labute approximate surface area is 131 Å². The number of anilines is 1. The molecule has 1 atom stereocenters. The van der Waals surface area contributed by atoms with Crippen LogP contribution in [0.4, 0.5) is 5.69 Å². The lowest BCUT2D eigenvalue weighted by Crippen LogP contribution is -2.24. The molecular weight excluding hydrogens is 282 g/mol. The maximum absolute atomic E-state index is 5.39. The summed E-state index contributed by atoms with van der Waals surface area (Å²) in [4.78, 5) is 0. The summed E-state index contributed by atoms with van der Waals surface area (Å²) in [5, 5.41) is 7.77. The van der Waals surface area contributed by atoms with Crippen LogP contribution in [-0.2, 0) is 0 Å². The summed E-state index contributed by atoms with van der Waals surface area (Å²) in [5.41, 5.74) is 3.76. The molecule has 4 nitrogen and oxygen atoms in total. The highest BCUT2D eigenvalue weighted by Crippen LogP contribution is 2.16. The third-order valence-electron chi connectivity index (χ3n) is 3.18. The van der Waals surface area contributed by atoms with Crippen molar-refractivity contribution in [2.24, 2.45) is 11.0 Å². The average Bonchev–Trinajstić information content (AvgIpc) is 2.51. The van der Waals surface area contributed by atoms with Crippen molar-refractivity contribution in [3.63, 3.8) is 0 Å². The number of nitrogens with one attached hydrogen (secondary N) is 2. The first-order valence-corrected chi connectivity index (χ1v) is 7.67. The molecule has 0 spiro atoms. The van der Waals surface area contributed by atoms with Crippen LogP contribution in [0.1, 0.15) is 26.2 Å². The summed E-state index contributed by atoms with van der Waals surface area (Å²) in [6.07, 6.45) is 9.71. The van der Waals surface area contributed by atoms with Crippen LogP contribution in [0.3, 0.4) is 0 Å². The van der Waals surface area contributed by atoms with E-state index in [1.165, 1.54) is 0 Å². The van der Waals surface area contributed by atoms with Crippen LogP contribution in [-0.4, -0.2) is 17.9 Å². The first-order valence-electron chi connectivity index (χ1n) is 7.26. The van der Waals surface area contributed by atoms with Crippen molar-refractivity contribution in [1.82, 2.24) is 5.43 Å². The molecule has 0 radical (unpaired) electrons. The zero-order valence-electron chi connectivity index (χ0n) is 12.2. The fraction of sp³-hybridized carbons (Fsp3) is 0.375. The first-order chi connectivity index (χ1) is 10.3. The van der Waals surface area contributed by atoms with Gasteiger partial charge in [0.1, 0.15) is 5.75 Å². The molecule has 1 aliphatic carbocycles. The number of hydrogen-bond acceptors (Lipinski definition) is 3. The van der Waals surface area contributed by atoms with Crippen molar-refractivity contribution in [3.8, 4) is 5.75 Å². The predicted molar refractivity (Wildman–Crippen MR) is 91.9 cm³/mol. The van der Waals surface area contributed by atoms with Crippen LogP contribution in [0.5, 0.6) is 5.75 Å². The van der Waals surface area contributed by atoms with Crippen molar-refractivity contribution >= 4 is 29.2 Å². The highest BCUT2D eigenvalue weighted by molar-refractivity contribution is 7.80. The largest absolute Gasteiger partial charge is 0.494 e.